The number of nitrogens with zero attached hydrogens (tertiary/aromatic N) is 1. The van der Waals surface area contributed by atoms with Crippen molar-refractivity contribution in [2.75, 3.05) is 39.8 Å². The number of hydrogen-bond acceptors (Lipinski definition) is 3. The quantitative estimate of drug-likeness (QED) is 0.722. The van der Waals surface area contributed by atoms with Gasteiger partial charge in [0.05, 0.1) is 12.7 Å². The van der Waals surface area contributed by atoms with E-state index in [0.717, 1.165) is 38.6 Å². The molecule has 3 heteroatoms. The lowest BCUT2D eigenvalue weighted by atomic mass is 10.1. The van der Waals surface area contributed by atoms with Crippen LogP contribution in [0.5, 0.6) is 0 Å². The number of hydrogen-bond donors (Lipinski definition) is 1. The Balaban J connectivity index is 2.02. The van der Waals surface area contributed by atoms with Crippen molar-refractivity contribution in [3.05, 3.63) is 0 Å². The highest BCUT2D eigenvalue weighted by Gasteiger charge is 2.13. The van der Waals surface area contributed by atoms with Gasteiger partial charge < -0.3 is 15.0 Å². The van der Waals surface area contributed by atoms with Crippen LogP contribution in [0.2, 0.25) is 0 Å². The van der Waals surface area contributed by atoms with Gasteiger partial charge in [-0.15, -0.1) is 0 Å². The lowest BCUT2D eigenvalue weighted by Gasteiger charge is -2.26. The third kappa shape index (κ3) is 6.13. The molecule has 1 rings (SSSR count). The van der Waals surface area contributed by atoms with Crippen LogP contribution in [0, 0.1) is 5.92 Å². The number of nitrogens with one attached hydrogen (secondary N) is 1. The Kier molecular flexibility index (Phi) is 6.22. The second kappa shape index (κ2) is 7.20. The van der Waals surface area contributed by atoms with Crippen LogP contribution in [0.3, 0.4) is 0 Å². The van der Waals surface area contributed by atoms with Crippen LogP contribution in [0.25, 0.3) is 0 Å². The molecule has 0 saturated carbocycles. The Morgan fingerprint density at radius 3 is 2.80 bits per heavy atom. The normalized spacial score (nSPS) is 22.6. The predicted octanol–water partition coefficient (Wildman–Crippen LogP) is 1.34. The van der Waals surface area contributed by atoms with Gasteiger partial charge >= 0.3 is 0 Å². The molecule has 15 heavy (non-hydrogen) atoms. The smallest absolute Gasteiger partial charge is 0.0712 e. The van der Waals surface area contributed by atoms with Crippen molar-refractivity contribution in [3.8, 4) is 0 Å². The van der Waals surface area contributed by atoms with Gasteiger partial charge in [-0.1, -0.05) is 13.8 Å². The fraction of sp³-hybridized carbons (Fsp3) is 1.00. The molecule has 3 nitrogen and oxygen atoms in total. The topological polar surface area (TPSA) is 24.5 Å². The molecule has 1 aliphatic rings. The first-order valence-electron chi connectivity index (χ1n) is 6.19. The van der Waals surface area contributed by atoms with Gasteiger partial charge in [-0.3, -0.25) is 0 Å². The van der Waals surface area contributed by atoms with Gasteiger partial charge in [0, 0.05) is 19.6 Å². The van der Waals surface area contributed by atoms with E-state index < -0.39 is 0 Å². The molecule has 90 valence electrons. The van der Waals surface area contributed by atoms with Crippen molar-refractivity contribution in [1.29, 1.82) is 0 Å². The van der Waals surface area contributed by atoms with Gasteiger partial charge in [0.15, 0.2) is 0 Å². The third-order valence-corrected chi connectivity index (χ3v) is 2.93. The number of ether oxygens (including phenoxy) is 1. The van der Waals surface area contributed by atoms with Crippen molar-refractivity contribution < 1.29 is 4.74 Å². The molecule has 0 amide bonds. The summed E-state index contributed by atoms with van der Waals surface area (Å²) in [6, 6.07) is 0. The average Bonchev–Trinajstić information content (AvgIpc) is 2.25. The molecule has 1 unspecified atom stereocenters. The van der Waals surface area contributed by atoms with Gasteiger partial charge in [-0.05, 0) is 32.4 Å². The Morgan fingerprint density at radius 1 is 1.40 bits per heavy atom. The molecule has 0 radical (unpaired) electrons. The highest BCUT2D eigenvalue weighted by Crippen LogP contribution is 2.05. The predicted molar refractivity (Wildman–Crippen MR) is 64.2 cm³/mol. The fourth-order valence-corrected chi connectivity index (χ4v) is 1.76. The maximum atomic E-state index is 5.66. The molecule has 0 aromatic rings. The van der Waals surface area contributed by atoms with E-state index in [0.29, 0.717) is 6.10 Å². The molecule has 1 aliphatic heterocycles. The lowest BCUT2D eigenvalue weighted by Crippen LogP contribution is -2.40. The summed E-state index contributed by atoms with van der Waals surface area (Å²) >= 11 is 0. The van der Waals surface area contributed by atoms with Crippen LogP contribution in [0.1, 0.15) is 26.7 Å². The molecular weight excluding hydrogens is 188 g/mol. The van der Waals surface area contributed by atoms with E-state index in [1.165, 1.54) is 13.0 Å². The van der Waals surface area contributed by atoms with Crippen molar-refractivity contribution >= 4 is 0 Å². The highest BCUT2D eigenvalue weighted by atomic mass is 16.5. The van der Waals surface area contributed by atoms with Gasteiger partial charge in [-0.25, -0.2) is 0 Å². The molecule has 0 bridgehead atoms. The van der Waals surface area contributed by atoms with E-state index in [1.54, 1.807) is 0 Å². The van der Waals surface area contributed by atoms with Crippen molar-refractivity contribution in [3.63, 3.8) is 0 Å². The third-order valence-electron chi connectivity index (χ3n) is 2.93. The summed E-state index contributed by atoms with van der Waals surface area (Å²) in [5.41, 5.74) is 0. The maximum Gasteiger partial charge on any atom is 0.0712 e. The minimum atomic E-state index is 0.431. The highest BCUT2D eigenvalue weighted by molar-refractivity contribution is 4.68. The summed E-state index contributed by atoms with van der Waals surface area (Å²) in [4.78, 5) is 2.41. The second-order valence-corrected chi connectivity index (χ2v) is 4.97. The fourth-order valence-electron chi connectivity index (χ4n) is 1.76. The van der Waals surface area contributed by atoms with Crippen LogP contribution >= 0.6 is 0 Å². The van der Waals surface area contributed by atoms with E-state index in [4.69, 9.17) is 4.74 Å². The van der Waals surface area contributed by atoms with Crippen LogP contribution in [0.15, 0.2) is 0 Å². The molecule has 1 saturated heterocycles. The van der Waals surface area contributed by atoms with E-state index in [2.05, 4.69) is 31.1 Å². The van der Waals surface area contributed by atoms with E-state index >= 15 is 0 Å². The minimum Gasteiger partial charge on any atom is -0.376 e. The first-order chi connectivity index (χ1) is 7.18. The van der Waals surface area contributed by atoms with Crippen LogP contribution in [-0.4, -0.2) is 50.8 Å². The Hall–Kier alpha value is -0.120. The van der Waals surface area contributed by atoms with E-state index in [9.17, 15) is 0 Å². The van der Waals surface area contributed by atoms with Gasteiger partial charge in [0.1, 0.15) is 0 Å². The molecule has 0 aliphatic carbocycles. The van der Waals surface area contributed by atoms with Crippen LogP contribution in [-0.2, 0) is 4.74 Å². The van der Waals surface area contributed by atoms with Crippen molar-refractivity contribution in [2.24, 2.45) is 5.92 Å². The summed E-state index contributed by atoms with van der Waals surface area (Å²) < 4.78 is 5.66. The molecular formula is C12H26N2O. The summed E-state index contributed by atoms with van der Waals surface area (Å²) in [5.74, 6) is 0.806. The molecule has 0 spiro atoms. The number of morpholine rings is 1. The van der Waals surface area contributed by atoms with Gasteiger partial charge in [0.2, 0.25) is 0 Å². The first-order valence-corrected chi connectivity index (χ1v) is 6.19. The zero-order valence-electron chi connectivity index (χ0n) is 10.5. The van der Waals surface area contributed by atoms with Gasteiger partial charge in [0.25, 0.3) is 0 Å². The summed E-state index contributed by atoms with van der Waals surface area (Å²) in [7, 11) is 2.21. The number of rotatable bonds is 6. The molecule has 1 N–H and O–H groups in total. The summed E-state index contributed by atoms with van der Waals surface area (Å²) in [6.45, 7) is 9.83. The van der Waals surface area contributed by atoms with Gasteiger partial charge in [-0.2, -0.15) is 0 Å². The Labute approximate surface area is 94.2 Å². The largest absolute Gasteiger partial charge is 0.376 e. The summed E-state index contributed by atoms with van der Waals surface area (Å²) in [5, 5.41) is 3.37. The van der Waals surface area contributed by atoms with Crippen molar-refractivity contribution in [1.82, 2.24) is 10.2 Å². The van der Waals surface area contributed by atoms with E-state index in [1.807, 2.05) is 0 Å². The molecule has 0 aromatic carbocycles. The van der Waals surface area contributed by atoms with Crippen molar-refractivity contribution in [2.45, 2.75) is 32.8 Å². The zero-order chi connectivity index (χ0) is 11.1. The first kappa shape index (κ1) is 12.9. The average molecular weight is 214 g/mol. The molecule has 1 atom stereocenters. The summed E-state index contributed by atoms with van der Waals surface area (Å²) in [6.07, 6.45) is 2.88. The standard InChI is InChI=1S/C12H26N2O/c1-11(2)4-7-14(3)8-5-12-10-13-6-9-15-12/h11-13H,4-10H2,1-3H3. The Morgan fingerprint density at radius 2 is 2.20 bits per heavy atom. The maximum absolute atomic E-state index is 5.66. The SMILES string of the molecule is CC(C)CCN(C)CCC1CNCCO1. The second-order valence-electron chi connectivity index (χ2n) is 4.97. The monoisotopic (exact) mass is 214 g/mol. The van der Waals surface area contributed by atoms with Crippen LogP contribution in [0.4, 0.5) is 0 Å². The zero-order valence-corrected chi connectivity index (χ0v) is 10.5. The Bertz CT molecular complexity index is 156. The lowest BCUT2D eigenvalue weighted by molar-refractivity contribution is 0.0186. The van der Waals surface area contributed by atoms with Crippen LogP contribution < -0.4 is 5.32 Å². The molecule has 1 heterocycles. The minimum absolute atomic E-state index is 0.431. The van der Waals surface area contributed by atoms with E-state index in [-0.39, 0.29) is 0 Å². The molecule has 1 fully saturated rings. The molecule has 0 aromatic heterocycles.